The van der Waals surface area contributed by atoms with Crippen LogP contribution in [-0.4, -0.2) is 27.9 Å². The zero-order chi connectivity index (χ0) is 19.9. The lowest BCUT2D eigenvalue weighted by Gasteiger charge is -2.12. The molecule has 6 nitrogen and oxygen atoms in total. The van der Waals surface area contributed by atoms with Crippen LogP contribution < -0.4 is 10.6 Å². The zero-order valence-electron chi connectivity index (χ0n) is 16.4. The fourth-order valence-electron chi connectivity index (χ4n) is 3.29. The van der Waals surface area contributed by atoms with Gasteiger partial charge in [-0.05, 0) is 36.6 Å². The maximum Gasteiger partial charge on any atom is 0.244 e. The molecule has 6 heteroatoms. The first-order valence-corrected chi connectivity index (χ1v) is 9.64. The molecular weight excluding hydrogens is 352 g/mol. The predicted octanol–water partition coefficient (Wildman–Crippen LogP) is 3.31. The topological polar surface area (TPSA) is 76.0 Å². The third-order valence-corrected chi connectivity index (χ3v) is 4.66. The predicted molar refractivity (Wildman–Crippen MR) is 111 cm³/mol. The van der Waals surface area contributed by atoms with Gasteiger partial charge in [0.1, 0.15) is 12.4 Å². The average molecular weight is 378 g/mol. The molecule has 1 aromatic heterocycles. The number of nitrogens with zero attached hydrogens (tertiary/aromatic N) is 2. The van der Waals surface area contributed by atoms with Gasteiger partial charge in [0, 0.05) is 25.6 Å². The molecule has 1 heterocycles. The normalized spacial score (nSPS) is 10.8. The summed E-state index contributed by atoms with van der Waals surface area (Å²) in [5, 5.41) is 5.83. The number of nitrogens with one attached hydrogen (secondary N) is 2. The van der Waals surface area contributed by atoms with Gasteiger partial charge < -0.3 is 15.2 Å². The molecule has 0 aliphatic rings. The van der Waals surface area contributed by atoms with E-state index in [9.17, 15) is 9.59 Å². The Bertz CT molecular complexity index is 978. The molecule has 0 fully saturated rings. The number of hydrogen-bond donors (Lipinski definition) is 2. The van der Waals surface area contributed by atoms with E-state index in [1.807, 2.05) is 53.1 Å². The summed E-state index contributed by atoms with van der Waals surface area (Å²) in [4.78, 5) is 28.5. The van der Waals surface area contributed by atoms with Crippen LogP contribution in [0.25, 0.3) is 11.0 Å². The number of rotatable bonds is 8. The lowest BCUT2D eigenvalue weighted by molar-refractivity contribution is -0.119. The molecule has 2 aromatic carbocycles. The highest BCUT2D eigenvalue weighted by Crippen LogP contribution is 2.19. The second kappa shape index (κ2) is 9.17. The van der Waals surface area contributed by atoms with Crippen LogP contribution >= 0.6 is 0 Å². The molecule has 3 aromatic rings. The molecule has 2 amide bonds. The Morgan fingerprint density at radius 2 is 1.82 bits per heavy atom. The number of hydrogen-bond acceptors (Lipinski definition) is 3. The van der Waals surface area contributed by atoms with Gasteiger partial charge in [-0.3, -0.25) is 9.59 Å². The van der Waals surface area contributed by atoms with Crippen LogP contribution in [0.1, 0.15) is 31.7 Å². The van der Waals surface area contributed by atoms with Crippen LogP contribution in [0.5, 0.6) is 0 Å². The minimum absolute atomic E-state index is 0.0394. The smallest absolute Gasteiger partial charge is 0.244 e. The molecule has 0 radical (unpaired) electrons. The number of fused-ring (bicyclic) bond motifs is 1. The first kappa shape index (κ1) is 19.6. The fourth-order valence-corrected chi connectivity index (χ4v) is 3.29. The summed E-state index contributed by atoms with van der Waals surface area (Å²) in [7, 11) is 0. The number of benzene rings is 2. The van der Waals surface area contributed by atoms with Crippen LogP contribution in [0.4, 0.5) is 5.69 Å². The molecule has 0 saturated carbocycles. The van der Waals surface area contributed by atoms with Gasteiger partial charge in [-0.15, -0.1) is 0 Å². The average Bonchev–Trinajstić information content (AvgIpc) is 3.03. The number of carbonyl (C=O) groups is 2. The van der Waals surface area contributed by atoms with E-state index >= 15 is 0 Å². The number of carbonyl (C=O) groups excluding carboxylic acids is 2. The Hall–Kier alpha value is -3.15. The quantitative estimate of drug-likeness (QED) is 0.591. The standard InChI is InChI=1S/C22H26N4O2/c1-3-17-9-4-5-10-18(17)25-22(28)15-26-20-12-7-6-11-19(20)24-21(26)13-8-14-23-16(2)27/h4-7,9-12H,3,8,13-15H2,1-2H3,(H,23,27)(H,25,28). The van der Waals surface area contributed by atoms with Crippen molar-refractivity contribution in [1.29, 1.82) is 0 Å². The summed E-state index contributed by atoms with van der Waals surface area (Å²) in [5.41, 5.74) is 3.78. The van der Waals surface area contributed by atoms with E-state index in [2.05, 4.69) is 17.6 Å². The van der Waals surface area contributed by atoms with Crippen molar-refractivity contribution in [1.82, 2.24) is 14.9 Å². The number of para-hydroxylation sites is 3. The van der Waals surface area contributed by atoms with Crippen LogP contribution in [0, 0.1) is 0 Å². The van der Waals surface area contributed by atoms with E-state index < -0.39 is 0 Å². The fraction of sp³-hybridized carbons (Fsp3) is 0.318. The third kappa shape index (κ3) is 4.76. The van der Waals surface area contributed by atoms with Crippen LogP contribution in [0.15, 0.2) is 48.5 Å². The van der Waals surface area contributed by atoms with Gasteiger partial charge in [-0.25, -0.2) is 4.98 Å². The van der Waals surface area contributed by atoms with Crippen molar-refractivity contribution in [3.8, 4) is 0 Å². The van der Waals surface area contributed by atoms with Crippen molar-refractivity contribution < 1.29 is 9.59 Å². The summed E-state index contributed by atoms with van der Waals surface area (Å²) in [6, 6.07) is 15.7. The number of imidazole rings is 1. The monoisotopic (exact) mass is 378 g/mol. The molecule has 0 unspecified atom stereocenters. The highest BCUT2D eigenvalue weighted by Gasteiger charge is 2.14. The number of anilines is 1. The number of amides is 2. The molecule has 0 aliphatic heterocycles. The van der Waals surface area contributed by atoms with Gasteiger partial charge in [-0.2, -0.15) is 0 Å². The van der Waals surface area contributed by atoms with Gasteiger partial charge in [0.15, 0.2) is 0 Å². The van der Waals surface area contributed by atoms with Gasteiger partial charge >= 0.3 is 0 Å². The molecule has 0 bridgehead atoms. The summed E-state index contributed by atoms with van der Waals surface area (Å²) >= 11 is 0. The van der Waals surface area contributed by atoms with Gasteiger partial charge in [0.25, 0.3) is 0 Å². The van der Waals surface area contributed by atoms with Crippen molar-refractivity contribution in [3.05, 3.63) is 59.9 Å². The van der Waals surface area contributed by atoms with Gasteiger partial charge in [0.2, 0.25) is 11.8 Å². The lowest BCUT2D eigenvalue weighted by atomic mass is 10.1. The third-order valence-electron chi connectivity index (χ3n) is 4.66. The molecule has 0 aliphatic carbocycles. The summed E-state index contributed by atoms with van der Waals surface area (Å²) in [5.74, 6) is 0.736. The maximum atomic E-state index is 12.7. The van der Waals surface area contributed by atoms with E-state index in [1.54, 1.807) is 0 Å². The second-order valence-electron chi connectivity index (χ2n) is 6.75. The highest BCUT2D eigenvalue weighted by molar-refractivity contribution is 5.92. The minimum atomic E-state index is -0.0767. The molecule has 0 spiro atoms. The largest absolute Gasteiger partial charge is 0.356 e. The molecular formula is C22H26N4O2. The van der Waals surface area contributed by atoms with E-state index in [0.29, 0.717) is 13.0 Å². The summed E-state index contributed by atoms with van der Waals surface area (Å²) in [6.07, 6.45) is 2.32. The van der Waals surface area contributed by atoms with Crippen molar-refractivity contribution in [3.63, 3.8) is 0 Å². The number of aromatic nitrogens is 2. The molecule has 146 valence electrons. The summed E-state index contributed by atoms with van der Waals surface area (Å²) in [6.45, 7) is 4.37. The Kier molecular flexibility index (Phi) is 6.42. The Labute approximate surface area is 165 Å². The molecule has 0 atom stereocenters. The van der Waals surface area contributed by atoms with Gasteiger partial charge in [0.05, 0.1) is 11.0 Å². The van der Waals surface area contributed by atoms with Crippen molar-refractivity contribution in [2.75, 3.05) is 11.9 Å². The molecule has 0 saturated heterocycles. The number of aryl methyl sites for hydroxylation is 2. The van der Waals surface area contributed by atoms with E-state index in [0.717, 1.165) is 41.0 Å². The van der Waals surface area contributed by atoms with Gasteiger partial charge in [-0.1, -0.05) is 37.3 Å². The SMILES string of the molecule is CCc1ccccc1NC(=O)Cn1c(CCCNC(C)=O)nc2ccccc21. The lowest BCUT2D eigenvalue weighted by Crippen LogP contribution is -2.23. The Morgan fingerprint density at radius 3 is 2.61 bits per heavy atom. The van der Waals surface area contributed by atoms with Crippen molar-refractivity contribution in [2.45, 2.75) is 39.7 Å². The maximum absolute atomic E-state index is 12.7. The van der Waals surface area contributed by atoms with E-state index in [4.69, 9.17) is 4.98 Å². The minimum Gasteiger partial charge on any atom is -0.356 e. The van der Waals surface area contributed by atoms with Crippen LogP contribution in [-0.2, 0) is 29.0 Å². The zero-order valence-corrected chi connectivity index (χ0v) is 16.4. The second-order valence-corrected chi connectivity index (χ2v) is 6.75. The van der Waals surface area contributed by atoms with Crippen molar-refractivity contribution >= 4 is 28.5 Å². The molecule has 28 heavy (non-hydrogen) atoms. The van der Waals surface area contributed by atoms with E-state index in [-0.39, 0.29) is 18.4 Å². The Morgan fingerprint density at radius 1 is 1.07 bits per heavy atom. The van der Waals surface area contributed by atoms with E-state index in [1.165, 1.54) is 6.92 Å². The van der Waals surface area contributed by atoms with Crippen molar-refractivity contribution in [2.24, 2.45) is 0 Å². The Balaban J connectivity index is 1.77. The highest BCUT2D eigenvalue weighted by atomic mass is 16.2. The van der Waals surface area contributed by atoms with Crippen LogP contribution in [0.3, 0.4) is 0 Å². The molecule has 3 rings (SSSR count). The summed E-state index contributed by atoms with van der Waals surface area (Å²) < 4.78 is 1.97. The first-order valence-electron chi connectivity index (χ1n) is 9.64. The molecule has 2 N–H and O–H groups in total. The van der Waals surface area contributed by atoms with Crippen LogP contribution in [0.2, 0.25) is 0 Å². The first-order chi connectivity index (χ1) is 13.6.